The third kappa shape index (κ3) is 2.46. The molecule has 2 aromatic rings. The Kier molecular flexibility index (Phi) is 3.66. The summed E-state index contributed by atoms with van der Waals surface area (Å²) in [6, 6.07) is 9.12. The van der Waals surface area contributed by atoms with Crippen molar-refractivity contribution in [2.75, 3.05) is 0 Å². The van der Waals surface area contributed by atoms with E-state index in [4.69, 9.17) is 0 Å². The van der Waals surface area contributed by atoms with E-state index in [9.17, 15) is 9.90 Å². The van der Waals surface area contributed by atoms with Crippen LogP contribution in [0.4, 0.5) is 0 Å². The first-order valence-electron chi connectivity index (χ1n) is 3.96. The van der Waals surface area contributed by atoms with E-state index in [1.165, 1.54) is 10.9 Å². The number of carbonyl (C=O) groups excluding carboxylic acids is 1. The number of nitrogens with zero attached hydrogens (tertiary/aromatic N) is 3. The third-order valence-corrected chi connectivity index (χ3v) is 1.72. The Morgan fingerprint density at radius 2 is 1.93 bits per heavy atom. The average molecular weight is 195 g/mol. The minimum absolute atomic E-state index is 0. The molecule has 0 aliphatic heterocycles. The van der Waals surface area contributed by atoms with Gasteiger partial charge in [-0.05, 0) is 12.1 Å². The number of carboxylic acids is 1. The number of benzene rings is 1. The van der Waals surface area contributed by atoms with Gasteiger partial charge in [-0.3, -0.25) is 0 Å². The molecule has 0 saturated heterocycles. The second-order valence-corrected chi connectivity index (χ2v) is 2.67. The van der Waals surface area contributed by atoms with E-state index in [1.54, 1.807) is 12.1 Å². The average Bonchev–Trinajstić information content (AvgIpc) is 2.68. The Hall–Kier alpha value is -1.57. The molecule has 0 saturated carbocycles. The standard InChI is InChI=1S/C9H7N3O2.Li/c13-9(14)8-6-12(11-10-8)7-4-2-1-3-5-7;/h1-6H,(H,13,14);/q;+1/p-1. The van der Waals surface area contributed by atoms with Crippen LogP contribution in [-0.4, -0.2) is 21.0 Å². The second kappa shape index (κ2) is 4.78. The second-order valence-electron chi connectivity index (χ2n) is 2.67. The summed E-state index contributed by atoms with van der Waals surface area (Å²) in [5.74, 6) is -1.33. The van der Waals surface area contributed by atoms with E-state index in [-0.39, 0.29) is 24.6 Å². The number of hydrogen-bond donors (Lipinski definition) is 0. The molecule has 0 bridgehead atoms. The summed E-state index contributed by atoms with van der Waals surface area (Å²) in [5.41, 5.74) is 0.585. The van der Waals surface area contributed by atoms with Crippen LogP contribution >= 0.6 is 0 Å². The first-order chi connectivity index (χ1) is 6.77. The van der Waals surface area contributed by atoms with Crippen molar-refractivity contribution in [3.8, 4) is 5.69 Å². The summed E-state index contributed by atoms with van der Waals surface area (Å²) in [6.07, 6.45) is 1.31. The summed E-state index contributed by atoms with van der Waals surface area (Å²) in [6.45, 7) is 0. The minimum Gasteiger partial charge on any atom is -0.543 e. The predicted octanol–water partition coefficient (Wildman–Crippen LogP) is -3.37. The van der Waals surface area contributed by atoms with Crippen molar-refractivity contribution in [1.82, 2.24) is 15.0 Å². The van der Waals surface area contributed by atoms with Crippen molar-refractivity contribution < 1.29 is 28.8 Å². The molecule has 0 amide bonds. The van der Waals surface area contributed by atoms with Crippen LogP contribution < -0.4 is 24.0 Å². The molecule has 0 spiro atoms. The van der Waals surface area contributed by atoms with Crippen LogP contribution in [0.2, 0.25) is 0 Å². The Balaban J connectivity index is 0.00000112. The van der Waals surface area contributed by atoms with Gasteiger partial charge in [0, 0.05) is 0 Å². The molecule has 0 radical (unpaired) electrons. The minimum atomic E-state index is -1.33. The van der Waals surface area contributed by atoms with Gasteiger partial charge in [0.25, 0.3) is 0 Å². The molecule has 0 aliphatic carbocycles. The number of para-hydroxylation sites is 1. The zero-order chi connectivity index (χ0) is 9.97. The zero-order valence-corrected chi connectivity index (χ0v) is 8.12. The Labute approximate surface area is 97.9 Å². The van der Waals surface area contributed by atoms with Gasteiger partial charge in [-0.1, -0.05) is 23.4 Å². The Bertz CT molecular complexity index is 455. The van der Waals surface area contributed by atoms with E-state index >= 15 is 0 Å². The van der Waals surface area contributed by atoms with E-state index in [2.05, 4.69) is 10.3 Å². The molecule has 0 aliphatic rings. The summed E-state index contributed by atoms with van der Waals surface area (Å²) in [5, 5.41) is 17.5. The molecular formula is C9H6LiN3O2. The van der Waals surface area contributed by atoms with Crippen LogP contribution in [0.3, 0.4) is 0 Å². The van der Waals surface area contributed by atoms with Gasteiger partial charge >= 0.3 is 18.9 Å². The summed E-state index contributed by atoms with van der Waals surface area (Å²) >= 11 is 0. The van der Waals surface area contributed by atoms with Crippen LogP contribution in [0.25, 0.3) is 5.69 Å². The van der Waals surface area contributed by atoms with Crippen molar-refractivity contribution in [2.45, 2.75) is 0 Å². The number of hydrogen-bond acceptors (Lipinski definition) is 4. The quantitative estimate of drug-likeness (QED) is 0.469. The Morgan fingerprint density at radius 1 is 1.27 bits per heavy atom. The van der Waals surface area contributed by atoms with Crippen molar-refractivity contribution >= 4 is 5.97 Å². The van der Waals surface area contributed by atoms with Gasteiger partial charge in [-0.2, -0.15) is 0 Å². The number of carboxylic acid groups (broad SMARTS) is 1. The molecule has 5 nitrogen and oxygen atoms in total. The number of carbonyl (C=O) groups is 1. The fraction of sp³-hybridized carbons (Fsp3) is 0. The van der Waals surface area contributed by atoms with Gasteiger partial charge in [0.2, 0.25) is 0 Å². The van der Waals surface area contributed by atoms with Crippen LogP contribution in [0.1, 0.15) is 10.5 Å². The van der Waals surface area contributed by atoms with Gasteiger partial charge in [0.05, 0.1) is 17.9 Å². The first kappa shape index (κ1) is 11.5. The topological polar surface area (TPSA) is 70.8 Å². The fourth-order valence-corrected chi connectivity index (χ4v) is 1.06. The SMILES string of the molecule is O=C([O-])c1cn(-c2ccccc2)nn1.[Li+]. The van der Waals surface area contributed by atoms with Crippen LogP contribution in [0, 0.1) is 0 Å². The number of rotatable bonds is 2. The Morgan fingerprint density at radius 3 is 2.47 bits per heavy atom. The van der Waals surface area contributed by atoms with E-state index in [0.29, 0.717) is 0 Å². The molecule has 15 heavy (non-hydrogen) atoms. The molecule has 0 unspecified atom stereocenters. The smallest absolute Gasteiger partial charge is 0.543 e. The van der Waals surface area contributed by atoms with E-state index < -0.39 is 5.97 Å². The van der Waals surface area contributed by atoms with Crippen molar-refractivity contribution in [1.29, 1.82) is 0 Å². The van der Waals surface area contributed by atoms with Crippen LogP contribution in [0.5, 0.6) is 0 Å². The maximum atomic E-state index is 10.4. The maximum absolute atomic E-state index is 10.4. The molecule has 1 aromatic carbocycles. The molecule has 6 heteroatoms. The van der Waals surface area contributed by atoms with Crippen molar-refractivity contribution in [3.63, 3.8) is 0 Å². The van der Waals surface area contributed by atoms with Gasteiger partial charge < -0.3 is 9.90 Å². The van der Waals surface area contributed by atoms with Gasteiger partial charge in [-0.25, -0.2) is 4.68 Å². The number of aromatic nitrogens is 3. The van der Waals surface area contributed by atoms with Gasteiger partial charge in [0.15, 0.2) is 0 Å². The van der Waals surface area contributed by atoms with E-state index in [0.717, 1.165) is 5.69 Å². The van der Waals surface area contributed by atoms with Gasteiger partial charge in [0.1, 0.15) is 5.69 Å². The largest absolute Gasteiger partial charge is 1.00 e. The first-order valence-corrected chi connectivity index (χ1v) is 3.96. The van der Waals surface area contributed by atoms with Crippen molar-refractivity contribution in [2.24, 2.45) is 0 Å². The van der Waals surface area contributed by atoms with Crippen LogP contribution in [-0.2, 0) is 0 Å². The molecule has 1 heterocycles. The zero-order valence-electron chi connectivity index (χ0n) is 8.12. The molecule has 2 rings (SSSR count). The molecular weight excluding hydrogens is 189 g/mol. The third-order valence-electron chi connectivity index (χ3n) is 1.72. The normalized spacial score (nSPS) is 9.33. The molecule has 0 fully saturated rings. The molecule has 0 atom stereocenters. The van der Waals surface area contributed by atoms with Gasteiger partial charge in [-0.15, -0.1) is 5.10 Å². The van der Waals surface area contributed by atoms with Crippen LogP contribution in [0.15, 0.2) is 36.5 Å². The summed E-state index contributed by atoms with van der Waals surface area (Å²) in [4.78, 5) is 10.4. The molecule has 1 aromatic heterocycles. The monoisotopic (exact) mass is 195 g/mol. The maximum Gasteiger partial charge on any atom is 1.00 e. The summed E-state index contributed by atoms with van der Waals surface area (Å²) in [7, 11) is 0. The fourth-order valence-electron chi connectivity index (χ4n) is 1.06. The summed E-state index contributed by atoms with van der Waals surface area (Å²) < 4.78 is 1.38. The number of aromatic carboxylic acids is 1. The molecule has 0 N–H and O–H groups in total. The predicted molar refractivity (Wildman–Crippen MR) is 45.7 cm³/mol. The van der Waals surface area contributed by atoms with E-state index in [1.807, 2.05) is 18.2 Å². The van der Waals surface area contributed by atoms with Crippen molar-refractivity contribution in [3.05, 3.63) is 42.2 Å². The molecule has 70 valence electrons.